The lowest BCUT2D eigenvalue weighted by molar-refractivity contribution is 0.153. The summed E-state index contributed by atoms with van der Waals surface area (Å²) in [6, 6.07) is 0. The van der Waals surface area contributed by atoms with Crippen molar-refractivity contribution >= 4 is 0 Å². The summed E-state index contributed by atoms with van der Waals surface area (Å²) < 4.78 is 5.24. The molecule has 1 radical (unpaired) electrons. The highest BCUT2D eigenvalue weighted by Gasteiger charge is 2.01. The van der Waals surface area contributed by atoms with Crippen molar-refractivity contribution in [2.75, 3.05) is 13.2 Å². The molecule has 0 fully saturated rings. The molecule has 0 aromatic heterocycles. The van der Waals surface area contributed by atoms with Gasteiger partial charge in [0.25, 0.3) is 0 Å². The van der Waals surface area contributed by atoms with Gasteiger partial charge >= 0.3 is 0 Å². The topological polar surface area (TPSA) is 9.23 Å². The normalized spacial score (nSPS) is 10.7. The third-order valence-electron chi connectivity index (χ3n) is 1.51. The summed E-state index contributed by atoms with van der Waals surface area (Å²) in [5.74, 6) is 1.51. The first kappa shape index (κ1) is 8.96. The van der Waals surface area contributed by atoms with Gasteiger partial charge in [-0.15, -0.1) is 0 Å². The summed E-state index contributed by atoms with van der Waals surface area (Å²) in [6.07, 6.45) is 2.33. The SMILES string of the molecule is CCOC[C](CC)CC. The van der Waals surface area contributed by atoms with Gasteiger partial charge in [0, 0.05) is 12.5 Å². The Morgan fingerprint density at radius 3 is 2.00 bits per heavy atom. The van der Waals surface area contributed by atoms with E-state index in [1.807, 2.05) is 6.92 Å². The zero-order chi connectivity index (χ0) is 7.11. The lowest BCUT2D eigenvalue weighted by atomic mass is 10.1. The van der Waals surface area contributed by atoms with E-state index in [4.69, 9.17) is 4.74 Å². The van der Waals surface area contributed by atoms with E-state index in [2.05, 4.69) is 13.8 Å². The van der Waals surface area contributed by atoms with Gasteiger partial charge in [-0.05, 0) is 19.8 Å². The molecule has 0 aliphatic carbocycles. The van der Waals surface area contributed by atoms with Gasteiger partial charge in [0.05, 0.1) is 6.61 Å². The molecule has 0 N–H and O–H groups in total. The maximum absolute atomic E-state index is 5.24. The quantitative estimate of drug-likeness (QED) is 0.554. The molecule has 9 heavy (non-hydrogen) atoms. The van der Waals surface area contributed by atoms with Gasteiger partial charge in [-0.25, -0.2) is 0 Å². The van der Waals surface area contributed by atoms with Gasteiger partial charge in [-0.1, -0.05) is 13.8 Å². The van der Waals surface area contributed by atoms with E-state index in [0.29, 0.717) is 0 Å². The van der Waals surface area contributed by atoms with Gasteiger partial charge in [-0.2, -0.15) is 0 Å². The van der Waals surface area contributed by atoms with Crippen molar-refractivity contribution in [3.63, 3.8) is 0 Å². The fraction of sp³-hybridized carbons (Fsp3) is 0.875. The molecule has 0 aromatic carbocycles. The molecule has 0 bridgehead atoms. The Morgan fingerprint density at radius 1 is 1.11 bits per heavy atom. The Balaban J connectivity index is 3.09. The summed E-state index contributed by atoms with van der Waals surface area (Å²) in [7, 11) is 0. The van der Waals surface area contributed by atoms with Crippen LogP contribution < -0.4 is 0 Å². The highest BCUT2D eigenvalue weighted by atomic mass is 16.5. The minimum absolute atomic E-state index is 0.837. The Labute approximate surface area is 58.4 Å². The molecule has 0 aromatic rings. The fourth-order valence-corrected chi connectivity index (χ4v) is 0.701. The van der Waals surface area contributed by atoms with Gasteiger partial charge in [0.15, 0.2) is 0 Å². The van der Waals surface area contributed by atoms with Crippen LogP contribution in [0.25, 0.3) is 0 Å². The van der Waals surface area contributed by atoms with Crippen molar-refractivity contribution in [1.82, 2.24) is 0 Å². The largest absolute Gasteiger partial charge is 0.381 e. The zero-order valence-electron chi connectivity index (χ0n) is 6.74. The zero-order valence-corrected chi connectivity index (χ0v) is 6.74. The molecular weight excluding hydrogens is 112 g/mol. The van der Waals surface area contributed by atoms with Gasteiger partial charge in [0.2, 0.25) is 0 Å². The minimum atomic E-state index is 0.837. The van der Waals surface area contributed by atoms with Crippen LogP contribution in [0.1, 0.15) is 33.6 Å². The van der Waals surface area contributed by atoms with Crippen LogP contribution in [0.4, 0.5) is 0 Å². The molecule has 0 saturated carbocycles. The van der Waals surface area contributed by atoms with Crippen LogP contribution in [0.3, 0.4) is 0 Å². The van der Waals surface area contributed by atoms with E-state index in [0.717, 1.165) is 26.1 Å². The second-order valence-electron chi connectivity index (χ2n) is 2.09. The maximum Gasteiger partial charge on any atom is 0.0528 e. The van der Waals surface area contributed by atoms with Crippen LogP contribution >= 0.6 is 0 Å². The predicted molar refractivity (Wildman–Crippen MR) is 40.3 cm³/mol. The van der Waals surface area contributed by atoms with Crippen molar-refractivity contribution < 1.29 is 4.74 Å². The van der Waals surface area contributed by atoms with E-state index in [1.54, 1.807) is 0 Å². The summed E-state index contributed by atoms with van der Waals surface area (Å²) in [5.41, 5.74) is 0. The monoisotopic (exact) mass is 129 g/mol. The van der Waals surface area contributed by atoms with Crippen molar-refractivity contribution in [3.05, 3.63) is 5.92 Å². The molecule has 0 aliphatic heterocycles. The predicted octanol–water partition coefficient (Wildman–Crippen LogP) is 2.42. The lowest BCUT2D eigenvalue weighted by Crippen LogP contribution is -2.04. The molecular formula is C8H17O. The number of hydrogen-bond acceptors (Lipinski definition) is 1. The van der Waals surface area contributed by atoms with Crippen LogP contribution in [0, 0.1) is 5.92 Å². The lowest BCUT2D eigenvalue weighted by Gasteiger charge is -2.09. The highest BCUT2D eigenvalue weighted by Crippen LogP contribution is 2.09. The molecule has 0 rings (SSSR count). The molecule has 55 valence electrons. The van der Waals surface area contributed by atoms with Crippen molar-refractivity contribution in [3.8, 4) is 0 Å². The first-order valence-electron chi connectivity index (χ1n) is 3.76. The average Bonchev–Trinajstić information content (AvgIpc) is 1.91. The van der Waals surface area contributed by atoms with Crippen LogP contribution in [0.2, 0.25) is 0 Å². The summed E-state index contributed by atoms with van der Waals surface area (Å²) in [6.45, 7) is 8.09. The summed E-state index contributed by atoms with van der Waals surface area (Å²) in [5, 5.41) is 0. The molecule has 0 spiro atoms. The molecule has 0 atom stereocenters. The maximum atomic E-state index is 5.24. The second kappa shape index (κ2) is 6.09. The van der Waals surface area contributed by atoms with Crippen LogP contribution in [0.5, 0.6) is 0 Å². The van der Waals surface area contributed by atoms with E-state index in [9.17, 15) is 0 Å². The first-order valence-corrected chi connectivity index (χ1v) is 3.76. The Bertz CT molecular complexity index is 48.5. The summed E-state index contributed by atoms with van der Waals surface area (Å²) in [4.78, 5) is 0. The standard InChI is InChI=1S/C8H17O/c1-4-8(5-2)7-9-6-3/h4-7H2,1-3H3. The van der Waals surface area contributed by atoms with Gasteiger partial charge < -0.3 is 4.74 Å². The van der Waals surface area contributed by atoms with Crippen molar-refractivity contribution in [2.24, 2.45) is 0 Å². The van der Waals surface area contributed by atoms with Crippen molar-refractivity contribution in [2.45, 2.75) is 33.6 Å². The second-order valence-corrected chi connectivity index (χ2v) is 2.09. The van der Waals surface area contributed by atoms with Gasteiger partial charge in [-0.3, -0.25) is 0 Å². The van der Waals surface area contributed by atoms with E-state index < -0.39 is 0 Å². The molecule has 1 heteroatoms. The molecule has 0 unspecified atom stereocenters. The third-order valence-corrected chi connectivity index (χ3v) is 1.51. The molecule has 0 heterocycles. The van der Waals surface area contributed by atoms with Gasteiger partial charge in [0.1, 0.15) is 0 Å². The average molecular weight is 129 g/mol. The van der Waals surface area contributed by atoms with E-state index in [1.165, 1.54) is 5.92 Å². The summed E-state index contributed by atoms with van der Waals surface area (Å²) >= 11 is 0. The Kier molecular flexibility index (Phi) is 6.06. The molecule has 0 saturated heterocycles. The smallest absolute Gasteiger partial charge is 0.0528 e. The highest BCUT2D eigenvalue weighted by molar-refractivity contribution is 4.85. The third kappa shape index (κ3) is 4.46. The fourth-order valence-electron chi connectivity index (χ4n) is 0.701. The number of rotatable bonds is 5. The number of ether oxygens (including phenoxy) is 1. The van der Waals surface area contributed by atoms with Crippen molar-refractivity contribution in [1.29, 1.82) is 0 Å². The van der Waals surface area contributed by atoms with Crippen LogP contribution in [-0.2, 0) is 4.74 Å². The Morgan fingerprint density at radius 2 is 1.67 bits per heavy atom. The van der Waals surface area contributed by atoms with Crippen LogP contribution in [-0.4, -0.2) is 13.2 Å². The Hall–Kier alpha value is -0.0400. The molecule has 0 amide bonds. The molecule has 1 nitrogen and oxygen atoms in total. The van der Waals surface area contributed by atoms with E-state index in [-0.39, 0.29) is 0 Å². The minimum Gasteiger partial charge on any atom is -0.381 e. The van der Waals surface area contributed by atoms with Crippen LogP contribution in [0.15, 0.2) is 0 Å². The molecule has 0 aliphatic rings. The van der Waals surface area contributed by atoms with E-state index >= 15 is 0 Å². The number of hydrogen-bond donors (Lipinski definition) is 0. The first-order chi connectivity index (χ1) is 4.35.